The van der Waals surface area contributed by atoms with Gasteiger partial charge < -0.3 is 9.88 Å². The maximum atomic E-state index is 13.0. The highest BCUT2D eigenvalue weighted by atomic mass is 16.2. The molecule has 1 aliphatic carbocycles. The molecule has 1 aromatic heterocycles. The minimum atomic E-state index is -0.261. The van der Waals surface area contributed by atoms with E-state index >= 15 is 0 Å². The molecule has 3 aromatic rings. The van der Waals surface area contributed by atoms with E-state index in [0.29, 0.717) is 5.39 Å². The molecular weight excluding hydrogens is 336 g/mol. The van der Waals surface area contributed by atoms with Crippen molar-refractivity contribution >= 4 is 16.8 Å². The summed E-state index contributed by atoms with van der Waals surface area (Å²) in [6, 6.07) is 14.1. The topological polar surface area (TPSA) is 51.1 Å². The van der Waals surface area contributed by atoms with Crippen LogP contribution in [0.4, 0.5) is 0 Å². The molecule has 4 nitrogen and oxygen atoms in total. The van der Waals surface area contributed by atoms with E-state index in [1.165, 1.54) is 16.7 Å². The molecule has 1 aliphatic heterocycles. The Bertz CT molecular complexity index is 1110. The first-order valence-electron chi connectivity index (χ1n) is 9.76. The largest absolute Gasteiger partial charge is 0.346 e. The fraction of sp³-hybridized carbons (Fsp3) is 0.304. The van der Waals surface area contributed by atoms with Crippen LogP contribution in [-0.2, 0) is 19.4 Å². The standard InChI is InChI=1S/C23H22N2O2/c26-22-18-11-3-8-16-9-5-13-25(21(16)18)14-19(22)23(27)24-20-12-4-7-15-6-1-2-10-17(15)20/h1-3,6,8,10-11,14,20H,4-5,7,9,12-13H2,(H,24,27). The number of hydrogen-bond donors (Lipinski definition) is 1. The number of amides is 1. The molecule has 1 N–H and O–H groups in total. The molecule has 136 valence electrons. The van der Waals surface area contributed by atoms with Crippen LogP contribution in [0, 0.1) is 0 Å². The second kappa shape index (κ2) is 6.38. The molecule has 0 saturated heterocycles. The number of nitrogens with one attached hydrogen (secondary N) is 1. The summed E-state index contributed by atoms with van der Waals surface area (Å²) < 4.78 is 2.08. The zero-order valence-corrected chi connectivity index (χ0v) is 15.2. The highest BCUT2D eigenvalue weighted by molar-refractivity contribution is 5.98. The quantitative estimate of drug-likeness (QED) is 0.758. The monoisotopic (exact) mass is 358 g/mol. The third kappa shape index (κ3) is 2.67. The van der Waals surface area contributed by atoms with Gasteiger partial charge in [-0.05, 0) is 54.9 Å². The third-order valence-electron chi connectivity index (χ3n) is 5.95. The van der Waals surface area contributed by atoms with Crippen LogP contribution < -0.4 is 10.7 Å². The number of hydrogen-bond acceptors (Lipinski definition) is 2. The van der Waals surface area contributed by atoms with Crippen LogP contribution in [0.25, 0.3) is 10.9 Å². The van der Waals surface area contributed by atoms with Crippen LogP contribution in [-0.4, -0.2) is 10.5 Å². The Morgan fingerprint density at radius 2 is 1.81 bits per heavy atom. The van der Waals surface area contributed by atoms with Crippen molar-refractivity contribution in [3.8, 4) is 0 Å². The third-order valence-corrected chi connectivity index (χ3v) is 5.95. The molecule has 0 bridgehead atoms. The van der Waals surface area contributed by atoms with Crippen LogP contribution >= 0.6 is 0 Å². The van der Waals surface area contributed by atoms with Crippen molar-refractivity contribution in [2.24, 2.45) is 0 Å². The molecule has 0 radical (unpaired) electrons. The average Bonchev–Trinajstić information content (AvgIpc) is 2.71. The summed E-state index contributed by atoms with van der Waals surface area (Å²) in [7, 11) is 0. The van der Waals surface area contributed by atoms with E-state index in [9.17, 15) is 9.59 Å². The lowest BCUT2D eigenvalue weighted by atomic mass is 9.87. The van der Waals surface area contributed by atoms with E-state index in [1.54, 1.807) is 6.20 Å². The summed E-state index contributed by atoms with van der Waals surface area (Å²) in [6.45, 7) is 0.848. The van der Waals surface area contributed by atoms with Gasteiger partial charge in [-0.25, -0.2) is 0 Å². The van der Waals surface area contributed by atoms with Crippen molar-refractivity contribution in [1.29, 1.82) is 0 Å². The molecule has 1 atom stereocenters. The number of pyridine rings is 1. The first-order valence-corrected chi connectivity index (χ1v) is 9.76. The molecule has 27 heavy (non-hydrogen) atoms. The van der Waals surface area contributed by atoms with Gasteiger partial charge in [0.05, 0.1) is 11.6 Å². The van der Waals surface area contributed by atoms with E-state index in [0.717, 1.165) is 44.2 Å². The Balaban J connectivity index is 1.54. The number of para-hydroxylation sites is 1. The lowest BCUT2D eigenvalue weighted by Crippen LogP contribution is -2.34. The van der Waals surface area contributed by atoms with Crippen molar-refractivity contribution in [3.63, 3.8) is 0 Å². The molecule has 2 heterocycles. The molecule has 4 heteroatoms. The predicted octanol–water partition coefficient (Wildman–Crippen LogP) is 3.76. The van der Waals surface area contributed by atoms with Crippen LogP contribution in [0.15, 0.2) is 53.5 Å². The Morgan fingerprint density at radius 1 is 1.00 bits per heavy atom. The molecule has 0 spiro atoms. The summed E-state index contributed by atoms with van der Waals surface area (Å²) >= 11 is 0. The molecule has 5 rings (SSSR count). The summed E-state index contributed by atoms with van der Waals surface area (Å²) in [5.41, 5.74) is 4.76. The van der Waals surface area contributed by atoms with E-state index in [-0.39, 0.29) is 22.9 Å². The molecule has 0 saturated carbocycles. The summed E-state index contributed by atoms with van der Waals surface area (Å²) in [5, 5.41) is 3.78. The summed E-state index contributed by atoms with van der Waals surface area (Å²) in [5.74, 6) is -0.261. The van der Waals surface area contributed by atoms with Crippen LogP contribution in [0.3, 0.4) is 0 Å². The van der Waals surface area contributed by atoms with Crippen LogP contribution in [0.2, 0.25) is 0 Å². The molecule has 1 amide bonds. The lowest BCUT2D eigenvalue weighted by Gasteiger charge is -2.26. The van der Waals surface area contributed by atoms with Gasteiger partial charge in [-0.2, -0.15) is 0 Å². The number of nitrogens with zero attached hydrogens (tertiary/aromatic N) is 1. The molecule has 0 fully saturated rings. The Kier molecular flexibility index (Phi) is 3.85. The number of aromatic nitrogens is 1. The van der Waals surface area contributed by atoms with E-state index in [4.69, 9.17) is 0 Å². The fourth-order valence-electron chi connectivity index (χ4n) is 4.66. The van der Waals surface area contributed by atoms with Gasteiger partial charge >= 0.3 is 0 Å². The van der Waals surface area contributed by atoms with Crippen molar-refractivity contribution in [3.05, 3.63) is 81.1 Å². The zero-order chi connectivity index (χ0) is 18.4. The number of benzene rings is 2. The minimum absolute atomic E-state index is 0.0229. The summed E-state index contributed by atoms with van der Waals surface area (Å²) in [4.78, 5) is 26.1. The number of rotatable bonds is 2. The van der Waals surface area contributed by atoms with E-state index in [2.05, 4.69) is 28.1 Å². The van der Waals surface area contributed by atoms with Gasteiger partial charge in [-0.1, -0.05) is 36.4 Å². The Hall–Kier alpha value is -2.88. The first-order chi connectivity index (χ1) is 13.2. The first kappa shape index (κ1) is 16.3. The number of aryl methyl sites for hydroxylation is 3. The maximum Gasteiger partial charge on any atom is 0.257 e. The predicted molar refractivity (Wildman–Crippen MR) is 106 cm³/mol. The van der Waals surface area contributed by atoms with E-state index in [1.807, 2.05) is 24.3 Å². The molecule has 2 aliphatic rings. The van der Waals surface area contributed by atoms with Gasteiger partial charge in [0.1, 0.15) is 5.56 Å². The highest BCUT2D eigenvalue weighted by Gasteiger charge is 2.24. The maximum absolute atomic E-state index is 13.0. The van der Waals surface area contributed by atoms with Gasteiger partial charge in [0, 0.05) is 18.1 Å². The lowest BCUT2D eigenvalue weighted by molar-refractivity contribution is 0.0931. The number of fused-ring (bicyclic) bond motifs is 1. The van der Waals surface area contributed by atoms with Crippen molar-refractivity contribution in [2.75, 3.05) is 0 Å². The van der Waals surface area contributed by atoms with Gasteiger partial charge in [0.25, 0.3) is 5.91 Å². The van der Waals surface area contributed by atoms with Gasteiger partial charge in [0.15, 0.2) is 0 Å². The molecule has 2 aromatic carbocycles. The normalized spacial score (nSPS) is 18.1. The highest BCUT2D eigenvalue weighted by Crippen LogP contribution is 2.30. The summed E-state index contributed by atoms with van der Waals surface area (Å²) in [6.07, 6.45) is 6.79. The van der Waals surface area contributed by atoms with Crippen LogP contribution in [0.1, 0.15) is 52.4 Å². The molecule has 1 unspecified atom stereocenters. The van der Waals surface area contributed by atoms with Gasteiger partial charge in [-0.3, -0.25) is 9.59 Å². The van der Waals surface area contributed by atoms with Crippen molar-refractivity contribution in [2.45, 2.75) is 44.7 Å². The Labute approximate surface area is 157 Å². The second-order valence-corrected chi connectivity index (χ2v) is 7.60. The van der Waals surface area contributed by atoms with Crippen molar-refractivity contribution in [1.82, 2.24) is 9.88 Å². The van der Waals surface area contributed by atoms with Gasteiger partial charge in [-0.15, -0.1) is 0 Å². The Morgan fingerprint density at radius 3 is 2.74 bits per heavy atom. The second-order valence-electron chi connectivity index (χ2n) is 7.60. The minimum Gasteiger partial charge on any atom is -0.346 e. The van der Waals surface area contributed by atoms with Gasteiger partial charge in [0.2, 0.25) is 5.43 Å². The smallest absolute Gasteiger partial charge is 0.257 e. The zero-order valence-electron chi connectivity index (χ0n) is 15.2. The SMILES string of the molecule is O=C(NC1CCCc2ccccc21)c1cn2c3c(cccc3c1=O)CCC2. The van der Waals surface area contributed by atoms with Crippen molar-refractivity contribution < 1.29 is 4.79 Å². The molecular formula is C23H22N2O2. The average molecular weight is 358 g/mol. The number of carbonyl (C=O) groups is 1. The van der Waals surface area contributed by atoms with E-state index < -0.39 is 0 Å². The number of carbonyl (C=O) groups excluding carboxylic acids is 1. The van der Waals surface area contributed by atoms with Crippen LogP contribution in [0.5, 0.6) is 0 Å². The fourth-order valence-corrected chi connectivity index (χ4v) is 4.66.